The van der Waals surface area contributed by atoms with Gasteiger partial charge in [0, 0.05) is 12.7 Å². The number of anilines is 1. The zero-order valence-corrected chi connectivity index (χ0v) is 17.4. The van der Waals surface area contributed by atoms with Crippen LogP contribution in [0.4, 0.5) is 5.69 Å². The minimum absolute atomic E-state index is 0.100. The first kappa shape index (κ1) is 19.7. The maximum Gasteiger partial charge on any atom is 0.261 e. The van der Waals surface area contributed by atoms with Crippen LogP contribution in [0.3, 0.4) is 0 Å². The molecule has 2 aromatic carbocycles. The molecule has 1 heterocycles. The van der Waals surface area contributed by atoms with E-state index in [0.29, 0.717) is 22.0 Å². The highest BCUT2D eigenvalue weighted by Gasteiger charge is 2.15. The Kier molecular flexibility index (Phi) is 6.00. The van der Waals surface area contributed by atoms with Gasteiger partial charge in [0.25, 0.3) is 5.56 Å². The molecule has 1 saturated carbocycles. The molecule has 1 aromatic heterocycles. The highest BCUT2D eigenvalue weighted by molar-refractivity contribution is 7.99. The van der Waals surface area contributed by atoms with Crippen molar-refractivity contribution in [1.29, 1.82) is 0 Å². The van der Waals surface area contributed by atoms with Crippen LogP contribution in [0.25, 0.3) is 10.9 Å². The molecule has 4 rings (SSSR count). The third kappa shape index (κ3) is 4.53. The van der Waals surface area contributed by atoms with E-state index in [2.05, 4.69) is 22.4 Å². The molecular weight excluding hydrogens is 382 g/mol. The molecule has 1 N–H and O–H groups in total. The third-order valence-corrected chi connectivity index (χ3v) is 6.58. The number of fused-ring (bicyclic) bond motifs is 1. The van der Waals surface area contributed by atoms with Crippen molar-refractivity contribution >= 4 is 34.3 Å². The number of rotatable bonds is 5. The van der Waals surface area contributed by atoms with Gasteiger partial charge in [-0.1, -0.05) is 55.3 Å². The van der Waals surface area contributed by atoms with Crippen molar-refractivity contribution in [1.82, 2.24) is 9.55 Å². The SMILES string of the molecule is Cn1c(SCC(=O)Nc2ccc(C3CCCCC3)cc2)nc2ccccc2c1=O. The minimum Gasteiger partial charge on any atom is -0.325 e. The van der Waals surface area contributed by atoms with E-state index in [-0.39, 0.29) is 17.2 Å². The van der Waals surface area contributed by atoms with Gasteiger partial charge in [-0.3, -0.25) is 14.2 Å². The van der Waals surface area contributed by atoms with E-state index in [9.17, 15) is 9.59 Å². The van der Waals surface area contributed by atoms with Crippen LogP contribution in [0.15, 0.2) is 58.5 Å². The second kappa shape index (κ2) is 8.82. The van der Waals surface area contributed by atoms with Crippen LogP contribution in [0.2, 0.25) is 0 Å². The molecule has 5 nitrogen and oxygen atoms in total. The largest absolute Gasteiger partial charge is 0.325 e. The number of carbonyl (C=O) groups is 1. The summed E-state index contributed by atoms with van der Waals surface area (Å²) in [6.07, 6.45) is 6.50. The van der Waals surface area contributed by atoms with Gasteiger partial charge in [-0.25, -0.2) is 4.98 Å². The van der Waals surface area contributed by atoms with E-state index in [0.717, 1.165) is 5.69 Å². The van der Waals surface area contributed by atoms with Gasteiger partial charge in [0.05, 0.1) is 16.7 Å². The normalized spacial score (nSPS) is 14.8. The number of thioether (sulfide) groups is 1. The summed E-state index contributed by atoms with van der Waals surface area (Å²) < 4.78 is 1.50. The van der Waals surface area contributed by atoms with Gasteiger partial charge in [0.2, 0.25) is 5.91 Å². The fourth-order valence-electron chi connectivity index (χ4n) is 3.93. The molecule has 1 aliphatic carbocycles. The van der Waals surface area contributed by atoms with Crippen LogP contribution in [-0.4, -0.2) is 21.2 Å². The van der Waals surface area contributed by atoms with Crippen LogP contribution in [0.5, 0.6) is 0 Å². The maximum absolute atomic E-state index is 12.5. The molecule has 0 radical (unpaired) electrons. The maximum atomic E-state index is 12.5. The molecule has 6 heteroatoms. The van der Waals surface area contributed by atoms with Gasteiger partial charge in [-0.05, 0) is 48.6 Å². The summed E-state index contributed by atoms with van der Waals surface area (Å²) in [7, 11) is 1.69. The molecule has 0 bridgehead atoms. The summed E-state index contributed by atoms with van der Waals surface area (Å²) in [5, 5.41) is 4.06. The molecule has 150 valence electrons. The minimum atomic E-state index is -0.108. The lowest BCUT2D eigenvalue weighted by Gasteiger charge is -2.22. The van der Waals surface area contributed by atoms with Crippen molar-refractivity contribution in [2.75, 3.05) is 11.1 Å². The van der Waals surface area contributed by atoms with Crippen LogP contribution in [-0.2, 0) is 11.8 Å². The topological polar surface area (TPSA) is 64.0 Å². The fraction of sp³-hybridized carbons (Fsp3) is 0.348. The van der Waals surface area contributed by atoms with Crippen molar-refractivity contribution in [2.45, 2.75) is 43.2 Å². The number of hydrogen-bond donors (Lipinski definition) is 1. The van der Waals surface area contributed by atoms with Crippen molar-refractivity contribution < 1.29 is 4.79 Å². The summed E-state index contributed by atoms with van der Waals surface area (Å²) in [5.74, 6) is 0.746. The molecule has 29 heavy (non-hydrogen) atoms. The molecule has 0 atom stereocenters. The van der Waals surface area contributed by atoms with Crippen LogP contribution < -0.4 is 10.9 Å². The molecule has 3 aromatic rings. The van der Waals surface area contributed by atoms with Crippen molar-refractivity contribution in [2.24, 2.45) is 7.05 Å². The Hall–Kier alpha value is -2.60. The molecule has 1 amide bonds. The van der Waals surface area contributed by atoms with Gasteiger partial charge in [-0.15, -0.1) is 0 Å². The summed E-state index contributed by atoms with van der Waals surface area (Å²) in [5.41, 5.74) is 2.72. The number of nitrogens with one attached hydrogen (secondary N) is 1. The number of benzene rings is 2. The second-order valence-corrected chi connectivity index (χ2v) is 8.51. The van der Waals surface area contributed by atoms with Gasteiger partial charge < -0.3 is 5.32 Å². The third-order valence-electron chi connectivity index (χ3n) is 5.55. The predicted molar refractivity (Wildman–Crippen MR) is 119 cm³/mol. The van der Waals surface area contributed by atoms with Gasteiger partial charge in [0.15, 0.2) is 5.16 Å². The highest BCUT2D eigenvalue weighted by atomic mass is 32.2. The first-order valence-corrected chi connectivity index (χ1v) is 11.1. The van der Waals surface area contributed by atoms with E-state index in [4.69, 9.17) is 0 Å². The standard InChI is InChI=1S/C23H25N3O2S/c1-26-22(28)19-9-5-6-10-20(19)25-23(26)29-15-21(27)24-18-13-11-17(12-14-18)16-7-3-2-4-8-16/h5-6,9-14,16H,2-4,7-8,15H2,1H3,(H,24,27). The molecule has 1 aliphatic rings. The Morgan fingerprint density at radius 1 is 1.10 bits per heavy atom. The van der Waals surface area contributed by atoms with E-state index in [1.807, 2.05) is 30.3 Å². The Morgan fingerprint density at radius 3 is 2.59 bits per heavy atom. The Labute approximate surface area is 174 Å². The lowest BCUT2D eigenvalue weighted by Crippen LogP contribution is -2.21. The molecule has 0 unspecified atom stereocenters. The van der Waals surface area contributed by atoms with E-state index in [1.165, 1.54) is 54.0 Å². The van der Waals surface area contributed by atoms with E-state index in [1.54, 1.807) is 13.1 Å². The highest BCUT2D eigenvalue weighted by Crippen LogP contribution is 2.33. The Balaban J connectivity index is 1.38. The lowest BCUT2D eigenvalue weighted by molar-refractivity contribution is -0.113. The number of para-hydroxylation sites is 1. The monoisotopic (exact) mass is 407 g/mol. The fourth-order valence-corrected chi connectivity index (χ4v) is 4.70. The van der Waals surface area contributed by atoms with Crippen LogP contribution in [0, 0.1) is 0 Å². The number of carbonyl (C=O) groups excluding carboxylic acids is 1. The summed E-state index contributed by atoms with van der Waals surface area (Å²) in [4.78, 5) is 29.4. The van der Waals surface area contributed by atoms with Gasteiger partial charge in [0.1, 0.15) is 0 Å². The number of aromatic nitrogens is 2. The zero-order chi connectivity index (χ0) is 20.2. The Bertz CT molecular complexity index is 1070. The van der Waals surface area contributed by atoms with Crippen molar-refractivity contribution in [3.05, 3.63) is 64.4 Å². The first-order chi connectivity index (χ1) is 14.1. The molecule has 0 saturated heterocycles. The quantitative estimate of drug-likeness (QED) is 0.491. The molecular formula is C23H25N3O2S. The van der Waals surface area contributed by atoms with Crippen molar-refractivity contribution in [3.63, 3.8) is 0 Å². The second-order valence-electron chi connectivity index (χ2n) is 7.57. The summed E-state index contributed by atoms with van der Waals surface area (Å²) >= 11 is 1.27. The average Bonchev–Trinajstić information content (AvgIpc) is 2.76. The number of hydrogen-bond acceptors (Lipinski definition) is 4. The lowest BCUT2D eigenvalue weighted by atomic mass is 9.84. The molecule has 0 aliphatic heterocycles. The average molecular weight is 408 g/mol. The van der Waals surface area contributed by atoms with Gasteiger partial charge >= 0.3 is 0 Å². The smallest absolute Gasteiger partial charge is 0.261 e. The molecule has 0 spiro atoms. The summed E-state index contributed by atoms with van der Waals surface area (Å²) in [6, 6.07) is 15.5. The Morgan fingerprint density at radius 2 is 1.83 bits per heavy atom. The van der Waals surface area contributed by atoms with E-state index >= 15 is 0 Å². The van der Waals surface area contributed by atoms with Crippen LogP contribution in [0.1, 0.15) is 43.6 Å². The van der Waals surface area contributed by atoms with Gasteiger partial charge in [-0.2, -0.15) is 0 Å². The van der Waals surface area contributed by atoms with Crippen LogP contribution >= 0.6 is 11.8 Å². The van der Waals surface area contributed by atoms with Crippen molar-refractivity contribution in [3.8, 4) is 0 Å². The molecule has 1 fully saturated rings. The zero-order valence-electron chi connectivity index (χ0n) is 16.6. The predicted octanol–water partition coefficient (Wildman–Crippen LogP) is 4.71. The number of amides is 1. The first-order valence-electron chi connectivity index (χ1n) is 10.1. The van der Waals surface area contributed by atoms with E-state index < -0.39 is 0 Å². The summed E-state index contributed by atoms with van der Waals surface area (Å²) in [6.45, 7) is 0. The number of nitrogens with zero attached hydrogens (tertiary/aromatic N) is 2.